The van der Waals surface area contributed by atoms with Crippen LogP contribution in [-0.2, 0) is 6.54 Å². The van der Waals surface area contributed by atoms with Crippen LogP contribution in [0.1, 0.15) is 24.8 Å². The largest absolute Gasteiger partial charge is 0.472 e. The molecule has 3 heterocycles. The van der Waals surface area contributed by atoms with Crippen LogP contribution in [0.15, 0.2) is 23.0 Å². The highest BCUT2D eigenvalue weighted by Crippen LogP contribution is 2.35. The van der Waals surface area contributed by atoms with E-state index in [1.165, 1.54) is 51.0 Å². The molecule has 16 heavy (non-hydrogen) atoms. The van der Waals surface area contributed by atoms with Crippen LogP contribution >= 0.6 is 0 Å². The maximum Gasteiger partial charge on any atom is 0.0947 e. The maximum absolute atomic E-state index is 5.13. The summed E-state index contributed by atoms with van der Waals surface area (Å²) in [6.45, 7) is 5.98. The zero-order chi connectivity index (χ0) is 10.8. The molecule has 2 aliphatic heterocycles. The molecule has 0 bridgehead atoms. The Hall–Kier alpha value is -0.800. The zero-order valence-electron chi connectivity index (χ0n) is 9.74. The van der Waals surface area contributed by atoms with Crippen LogP contribution in [0.25, 0.3) is 0 Å². The van der Waals surface area contributed by atoms with E-state index in [2.05, 4.69) is 16.3 Å². The Bertz CT molecular complexity index is 328. The van der Waals surface area contributed by atoms with Gasteiger partial charge in [0.2, 0.25) is 0 Å². The van der Waals surface area contributed by atoms with Crippen LogP contribution in [-0.4, -0.2) is 31.1 Å². The minimum atomic E-state index is 0.571. The van der Waals surface area contributed by atoms with Crippen molar-refractivity contribution in [3.05, 3.63) is 24.2 Å². The molecular formula is C13H20N2O. The van der Waals surface area contributed by atoms with Crippen LogP contribution in [0.4, 0.5) is 0 Å². The van der Waals surface area contributed by atoms with Gasteiger partial charge in [-0.05, 0) is 43.8 Å². The van der Waals surface area contributed by atoms with Gasteiger partial charge in [0.05, 0.1) is 12.5 Å². The Morgan fingerprint density at radius 3 is 3.19 bits per heavy atom. The van der Waals surface area contributed by atoms with Gasteiger partial charge in [0, 0.05) is 25.2 Å². The zero-order valence-corrected chi connectivity index (χ0v) is 9.74. The van der Waals surface area contributed by atoms with Gasteiger partial charge >= 0.3 is 0 Å². The molecule has 0 aliphatic carbocycles. The molecule has 1 unspecified atom stereocenters. The normalized spacial score (nSPS) is 31.2. The van der Waals surface area contributed by atoms with Crippen molar-refractivity contribution in [2.45, 2.75) is 25.8 Å². The summed E-state index contributed by atoms with van der Waals surface area (Å²) in [5.74, 6) is 0. The van der Waals surface area contributed by atoms with Crippen molar-refractivity contribution in [2.24, 2.45) is 5.41 Å². The predicted molar refractivity (Wildman–Crippen MR) is 63.1 cm³/mol. The molecule has 0 saturated carbocycles. The second kappa shape index (κ2) is 4.22. The van der Waals surface area contributed by atoms with Crippen molar-refractivity contribution in [1.29, 1.82) is 0 Å². The minimum Gasteiger partial charge on any atom is -0.472 e. The monoisotopic (exact) mass is 220 g/mol. The summed E-state index contributed by atoms with van der Waals surface area (Å²) in [5.41, 5.74) is 1.88. The minimum absolute atomic E-state index is 0.571. The highest BCUT2D eigenvalue weighted by Gasteiger charge is 2.37. The average molecular weight is 220 g/mol. The van der Waals surface area contributed by atoms with Gasteiger partial charge < -0.3 is 9.73 Å². The molecule has 0 radical (unpaired) electrons. The summed E-state index contributed by atoms with van der Waals surface area (Å²) in [6, 6.07) is 2.08. The lowest BCUT2D eigenvalue weighted by atomic mass is 9.79. The standard InChI is InChI=1S/C13H20N2O/c1-3-13(4-5-14-10-13)11-15(6-1)8-12-2-7-16-9-12/h2,7,9,14H,1,3-6,8,10-11H2. The lowest BCUT2D eigenvalue weighted by Crippen LogP contribution is -2.43. The molecule has 2 aliphatic rings. The third kappa shape index (κ3) is 2.02. The van der Waals surface area contributed by atoms with Crippen molar-refractivity contribution in [3.8, 4) is 0 Å². The van der Waals surface area contributed by atoms with Gasteiger partial charge in [-0.25, -0.2) is 0 Å². The van der Waals surface area contributed by atoms with Crippen molar-refractivity contribution in [2.75, 3.05) is 26.2 Å². The van der Waals surface area contributed by atoms with E-state index in [1.54, 1.807) is 6.26 Å². The van der Waals surface area contributed by atoms with Gasteiger partial charge in [0.25, 0.3) is 0 Å². The average Bonchev–Trinajstić information content (AvgIpc) is 2.91. The lowest BCUT2D eigenvalue weighted by molar-refractivity contribution is 0.0976. The van der Waals surface area contributed by atoms with Gasteiger partial charge in [-0.3, -0.25) is 4.90 Å². The number of nitrogens with zero attached hydrogens (tertiary/aromatic N) is 1. The van der Waals surface area contributed by atoms with Crippen molar-refractivity contribution >= 4 is 0 Å². The molecule has 1 aromatic rings. The first-order valence-electron chi connectivity index (χ1n) is 6.31. The van der Waals surface area contributed by atoms with Crippen molar-refractivity contribution in [3.63, 3.8) is 0 Å². The number of piperidine rings is 1. The molecule has 3 heteroatoms. The summed E-state index contributed by atoms with van der Waals surface area (Å²) in [4.78, 5) is 2.58. The molecule has 88 valence electrons. The molecule has 3 rings (SSSR count). The van der Waals surface area contributed by atoms with Gasteiger partial charge in [-0.15, -0.1) is 0 Å². The second-order valence-electron chi connectivity index (χ2n) is 5.37. The molecule has 2 fully saturated rings. The Morgan fingerprint density at radius 1 is 1.44 bits per heavy atom. The highest BCUT2D eigenvalue weighted by molar-refractivity contribution is 5.06. The third-order valence-electron chi connectivity index (χ3n) is 4.06. The molecule has 0 aromatic carbocycles. The summed E-state index contributed by atoms with van der Waals surface area (Å²) in [5, 5.41) is 3.52. The van der Waals surface area contributed by atoms with Gasteiger partial charge in [0.1, 0.15) is 0 Å². The highest BCUT2D eigenvalue weighted by atomic mass is 16.3. The van der Waals surface area contributed by atoms with Crippen molar-refractivity contribution < 1.29 is 4.42 Å². The molecular weight excluding hydrogens is 200 g/mol. The van der Waals surface area contributed by atoms with E-state index in [-0.39, 0.29) is 0 Å². The van der Waals surface area contributed by atoms with E-state index < -0.39 is 0 Å². The Kier molecular flexibility index (Phi) is 2.74. The fraction of sp³-hybridized carbons (Fsp3) is 0.692. The summed E-state index contributed by atoms with van der Waals surface area (Å²) in [7, 11) is 0. The van der Waals surface area contributed by atoms with Gasteiger partial charge in [-0.2, -0.15) is 0 Å². The number of likely N-dealkylation sites (tertiary alicyclic amines) is 1. The predicted octanol–water partition coefficient (Wildman–Crippen LogP) is 1.86. The fourth-order valence-corrected chi connectivity index (χ4v) is 3.23. The fourth-order valence-electron chi connectivity index (χ4n) is 3.23. The van der Waals surface area contributed by atoms with E-state index in [9.17, 15) is 0 Å². The Morgan fingerprint density at radius 2 is 2.44 bits per heavy atom. The van der Waals surface area contributed by atoms with Crippen LogP contribution in [0.2, 0.25) is 0 Å². The summed E-state index contributed by atoms with van der Waals surface area (Å²) in [6.07, 6.45) is 7.75. The molecule has 2 saturated heterocycles. The summed E-state index contributed by atoms with van der Waals surface area (Å²) < 4.78 is 5.13. The first kappa shape index (κ1) is 10.4. The molecule has 0 amide bonds. The van der Waals surface area contributed by atoms with E-state index in [0.717, 1.165) is 6.54 Å². The smallest absolute Gasteiger partial charge is 0.0947 e. The van der Waals surface area contributed by atoms with Crippen LogP contribution in [0.5, 0.6) is 0 Å². The molecule has 3 nitrogen and oxygen atoms in total. The number of hydrogen-bond acceptors (Lipinski definition) is 3. The Labute approximate surface area is 96.8 Å². The van der Waals surface area contributed by atoms with Crippen molar-refractivity contribution in [1.82, 2.24) is 10.2 Å². The van der Waals surface area contributed by atoms with Gasteiger partial charge in [-0.1, -0.05) is 0 Å². The maximum atomic E-state index is 5.13. The lowest BCUT2D eigenvalue weighted by Gasteiger charge is -2.39. The first-order valence-corrected chi connectivity index (χ1v) is 6.31. The van der Waals surface area contributed by atoms with Crippen LogP contribution < -0.4 is 5.32 Å². The number of rotatable bonds is 2. The SMILES string of the molecule is c1cc(CN2CCCC3(CCNC3)C2)co1. The van der Waals surface area contributed by atoms with E-state index in [4.69, 9.17) is 4.42 Å². The summed E-state index contributed by atoms with van der Waals surface area (Å²) >= 11 is 0. The topological polar surface area (TPSA) is 28.4 Å². The third-order valence-corrected chi connectivity index (χ3v) is 4.06. The molecule has 1 aromatic heterocycles. The number of nitrogens with one attached hydrogen (secondary N) is 1. The van der Waals surface area contributed by atoms with E-state index in [0.29, 0.717) is 5.41 Å². The quantitative estimate of drug-likeness (QED) is 0.824. The number of furan rings is 1. The van der Waals surface area contributed by atoms with E-state index in [1.807, 2.05) is 6.26 Å². The second-order valence-corrected chi connectivity index (χ2v) is 5.37. The van der Waals surface area contributed by atoms with Crippen LogP contribution in [0.3, 0.4) is 0 Å². The van der Waals surface area contributed by atoms with Gasteiger partial charge in [0.15, 0.2) is 0 Å². The Balaban J connectivity index is 1.63. The molecule has 1 N–H and O–H groups in total. The van der Waals surface area contributed by atoms with E-state index >= 15 is 0 Å². The molecule has 1 atom stereocenters. The first-order chi connectivity index (χ1) is 7.86. The molecule has 1 spiro atoms. The van der Waals surface area contributed by atoms with Crippen LogP contribution in [0, 0.1) is 5.41 Å². The number of hydrogen-bond donors (Lipinski definition) is 1.